The van der Waals surface area contributed by atoms with Crippen LogP contribution in [0.25, 0.3) is 0 Å². The fourth-order valence-electron chi connectivity index (χ4n) is 1.67. The van der Waals surface area contributed by atoms with Crippen molar-refractivity contribution in [2.75, 3.05) is 32.8 Å². The summed E-state index contributed by atoms with van der Waals surface area (Å²) in [5.74, 6) is 1.31. The van der Waals surface area contributed by atoms with E-state index in [1.807, 2.05) is 6.92 Å². The van der Waals surface area contributed by atoms with Crippen LogP contribution in [0.5, 0.6) is 0 Å². The van der Waals surface area contributed by atoms with E-state index in [0.29, 0.717) is 19.1 Å². The van der Waals surface area contributed by atoms with Crippen LogP contribution in [0.3, 0.4) is 0 Å². The molecule has 16 heavy (non-hydrogen) atoms. The number of ether oxygens (including phenoxy) is 1. The van der Waals surface area contributed by atoms with Crippen LogP contribution in [0.4, 0.5) is 0 Å². The molecule has 1 fully saturated rings. The molecule has 0 spiro atoms. The molecular formula is C10H18N4O2. The van der Waals surface area contributed by atoms with Gasteiger partial charge in [0.05, 0.1) is 6.54 Å². The number of piperazine rings is 1. The first-order valence-electron chi connectivity index (χ1n) is 5.70. The highest BCUT2D eigenvalue weighted by atomic mass is 16.5. The molecule has 6 nitrogen and oxygen atoms in total. The highest BCUT2D eigenvalue weighted by molar-refractivity contribution is 4.86. The minimum atomic E-state index is 0.408. The van der Waals surface area contributed by atoms with Gasteiger partial charge in [-0.25, -0.2) is 0 Å². The smallest absolute Gasteiger partial charge is 0.252 e. The number of aromatic nitrogens is 2. The molecular weight excluding hydrogens is 208 g/mol. The van der Waals surface area contributed by atoms with E-state index in [0.717, 1.165) is 38.5 Å². The Morgan fingerprint density at radius 2 is 2.25 bits per heavy atom. The average molecular weight is 226 g/mol. The molecule has 0 radical (unpaired) electrons. The Kier molecular flexibility index (Phi) is 4.26. The quantitative estimate of drug-likeness (QED) is 0.763. The van der Waals surface area contributed by atoms with E-state index in [1.54, 1.807) is 0 Å². The monoisotopic (exact) mass is 226 g/mol. The molecule has 0 bridgehead atoms. The lowest BCUT2D eigenvalue weighted by Crippen LogP contribution is -2.43. The molecule has 2 heterocycles. The van der Waals surface area contributed by atoms with Crippen LogP contribution < -0.4 is 5.32 Å². The first-order valence-corrected chi connectivity index (χ1v) is 5.70. The highest BCUT2D eigenvalue weighted by Gasteiger charge is 2.13. The number of nitrogens with zero attached hydrogens (tertiary/aromatic N) is 3. The normalized spacial score (nSPS) is 17.8. The van der Waals surface area contributed by atoms with Crippen LogP contribution >= 0.6 is 0 Å². The van der Waals surface area contributed by atoms with Gasteiger partial charge in [-0.1, -0.05) is 5.16 Å². The summed E-state index contributed by atoms with van der Waals surface area (Å²) in [5, 5.41) is 7.24. The second kappa shape index (κ2) is 5.93. The van der Waals surface area contributed by atoms with E-state index in [4.69, 9.17) is 9.26 Å². The molecule has 0 atom stereocenters. The lowest BCUT2D eigenvalue weighted by molar-refractivity contribution is 0.109. The zero-order chi connectivity index (χ0) is 11.2. The van der Waals surface area contributed by atoms with E-state index < -0.39 is 0 Å². The summed E-state index contributed by atoms with van der Waals surface area (Å²) in [4.78, 5) is 6.59. The predicted molar refractivity (Wildman–Crippen MR) is 57.8 cm³/mol. The van der Waals surface area contributed by atoms with Gasteiger partial charge in [-0.15, -0.1) is 0 Å². The maximum atomic E-state index is 5.20. The molecule has 2 rings (SSSR count). The predicted octanol–water partition coefficient (Wildman–Crippen LogP) is 0.0113. The molecule has 1 aliphatic rings. The molecule has 0 unspecified atom stereocenters. The minimum Gasteiger partial charge on any atom is -0.372 e. The van der Waals surface area contributed by atoms with Crippen molar-refractivity contribution in [1.82, 2.24) is 20.4 Å². The van der Waals surface area contributed by atoms with Crippen LogP contribution in [0.1, 0.15) is 18.6 Å². The van der Waals surface area contributed by atoms with Gasteiger partial charge in [0, 0.05) is 32.8 Å². The number of hydrogen-bond acceptors (Lipinski definition) is 6. The fourth-order valence-corrected chi connectivity index (χ4v) is 1.67. The zero-order valence-corrected chi connectivity index (χ0v) is 9.61. The third kappa shape index (κ3) is 3.26. The Hall–Kier alpha value is -0.980. The average Bonchev–Trinajstić information content (AvgIpc) is 2.75. The number of nitrogens with one attached hydrogen (secondary N) is 1. The summed E-state index contributed by atoms with van der Waals surface area (Å²) in [5.41, 5.74) is 0. The molecule has 90 valence electrons. The summed E-state index contributed by atoms with van der Waals surface area (Å²) in [7, 11) is 0. The van der Waals surface area contributed by atoms with Crippen molar-refractivity contribution in [2.45, 2.75) is 20.1 Å². The maximum absolute atomic E-state index is 5.20. The van der Waals surface area contributed by atoms with Gasteiger partial charge in [-0.3, -0.25) is 4.90 Å². The Morgan fingerprint density at radius 1 is 1.44 bits per heavy atom. The lowest BCUT2D eigenvalue weighted by atomic mass is 10.3. The van der Waals surface area contributed by atoms with Crippen LogP contribution in [-0.4, -0.2) is 47.8 Å². The molecule has 1 aromatic heterocycles. The maximum Gasteiger partial charge on any atom is 0.252 e. The molecule has 1 aliphatic heterocycles. The van der Waals surface area contributed by atoms with E-state index in [9.17, 15) is 0 Å². The van der Waals surface area contributed by atoms with Crippen molar-refractivity contribution in [1.29, 1.82) is 0 Å². The summed E-state index contributed by atoms with van der Waals surface area (Å²) < 4.78 is 10.3. The topological polar surface area (TPSA) is 63.4 Å². The third-order valence-corrected chi connectivity index (χ3v) is 2.51. The van der Waals surface area contributed by atoms with Crippen LogP contribution in [0.2, 0.25) is 0 Å². The second-order valence-electron chi connectivity index (χ2n) is 3.77. The van der Waals surface area contributed by atoms with Gasteiger partial charge in [0.25, 0.3) is 5.89 Å². The van der Waals surface area contributed by atoms with Crippen LogP contribution in [-0.2, 0) is 17.9 Å². The molecule has 0 saturated carbocycles. The van der Waals surface area contributed by atoms with E-state index in [-0.39, 0.29) is 0 Å². The van der Waals surface area contributed by atoms with Crippen LogP contribution in [0.15, 0.2) is 4.52 Å². The highest BCUT2D eigenvalue weighted by Crippen LogP contribution is 2.03. The van der Waals surface area contributed by atoms with Crippen molar-refractivity contribution < 1.29 is 9.26 Å². The van der Waals surface area contributed by atoms with Gasteiger partial charge in [0.2, 0.25) is 0 Å². The lowest BCUT2D eigenvalue weighted by Gasteiger charge is -2.25. The van der Waals surface area contributed by atoms with E-state index in [2.05, 4.69) is 20.4 Å². The number of hydrogen-bond donors (Lipinski definition) is 1. The van der Waals surface area contributed by atoms with Crippen molar-refractivity contribution in [3.63, 3.8) is 0 Å². The van der Waals surface area contributed by atoms with Crippen LogP contribution in [0, 0.1) is 0 Å². The first kappa shape index (κ1) is 11.5. The summed E-state index contributed by atoms with van der Waals surface area (Å²) in [6.45, 7) is 7.91. The van der Waals surface area contributed by atoms with E-state index in [1.165, 1.54) is 0 Å². The Labute approximate surface area is 95.0 Å². The zero-order valence-electron chi connectivity index (χ0n) is 9.61. The van der Waals surface area contributed by atoms with Gasteiger partial charge >= 0.3 is 0 Å². The molecule has 1 N–H and O–H groups in total. The van der Waals surface area contributed by atoms with E-state index >= 15 is 0 Å². The largest absolute Gasteiger partial charge is 0.372 e. The minimum absolute atomic E-state index is 0.408. The third-order valence-electron chi connectivity index (χ3n) is 2.51. The molecule has 6 heteroatoms. The van der Waals surface area contributed by atoms with Crippen molar-refractivity contribution in [3.8, 4) is 0 Å². The van der Waals surface area contributed by atoms with Gasteiger partial charge in [-0.05, 0) is 6.92 Å². The Balaban J connectivity index is 1.81. The standard InChI is InChI=1S/C10H18N4O2/c1-2-15-8-10-12-9(13-16-10)7-14-5-3-11-4-6-14/h11H,2-8H2,1H3. The van der Waals surface area contributed by atoms with Gasteiger partial charge in [0.15, 0.2) is 5.82 Å². The molecule has 1 aromatic rings. The van der Waals surface area contributed by atoms with Gasteiger partial charge in [0.1, 0.15) is 6.61 Å². The summed E-state index contributed by atoms with van der Waals surface area (Å²) >= 11 is 0. The molecule has 0 aromatic carbocycles. The molecule has 0 amide bonds. The Bertz CT molecular complexity index is 310. The summed E-state index contributed by atoms with van der Waals surface area (Å²) in [6, 6.07) is 0. The fraction of sp³-hybridized carbons (Fsp3) is 0.800. The van der Waals surface area contributed by atoms with Gasteiger partial charge in [-0.2, -0.15) is 4.98 Å². The SMILES string of the molecule is CCOCc1nc(CN2CCNCC2)no1. The Morgan fingerprint density at radius 3 is 3.00 bits per heavy atom. The summed E-state index contributed by atoms with van der Waals surface area (Å²) in [6.07, 6.45) is 0. The first-order chi connectivity index (χ1) is 7.88. The van der Waals surface area contributed by atoms with Crippen molar-refractivity contribution in [3.05, 3.63) is 11.7 Å². The number of rotatable bonds is 5. The second-order valence-corrected chi connectivity index (χ2v) is 3.77. The van der Waals surface area contributed by atoms with Gasteiger partial charge < -0.3 is 14.6 Å². The molecule has 1 saturated heterocycles. The molecule has 0 aliphatic carbocycles. The van der Waals surface area contributed by atoms with Crippen molar-refractivity contribution >= 4 is 0 Å². The van der Waals surface area contributed by atoms with Crippen molar-refractivity contribution in [2.24, 2.45) is 0 Å².